The Morgan fingerprint density at radius 1 is 1.50 bits per heavy atom. The van der Waals surface area contributed by atoms with E-state index in [-0.39, 0.29) is 12.0 Å². The second-order valence-corrected chi connectivity index (χ2v) is 3.67. The average Bonchev–Trinajstić information content (AvgIpc) is 2.62. The maximum absolute atomic E-state index is 9.28. The van der Waals surface area contributed by atoms with E-state index in [1.807, 2.05) is 12.1 Å². The molecule has 0 spiro atoms. The quantitative estimate of drug-likeness (QED) is 0.754. The van der Waals surface area contributed by atoms with Crippen molar-refractivity contribution in [1.82, 2.24) is 0 Å². The lowest BCUT2D eigenvalue weighted by Gasteiger charge is -2.13. The number of aliphatic hydroxyl groups is 1. The van der Waals surface area contributed by atoms with Gasteiger partial charge in [-0.3, -0.25) is 0 Å². The van der Waals surface area contributed by atoms with E-state index < -0.39 is 0 Å². The Kier molecular flexibility index (Phi) is 4.17. The predicted octanol–water partition coefficient (Wildman–Crippen LogP) is 1.66. The topological polar surface area (TPSA) is 59.4 Å². The highest BCUT2D eigenvalue weighted by atomic mass is 16.3. The zero-order chi connectivity index (χ0) is 10.6. The minimum Gasteiger partial charge on any atom is -0.466 e. The van der Waals surface area contributed by atoms with Crippen molar-refractivity contribution in [3.63, 3.8) is 0 Å². The molecule has 0 aromatic carbocycles. The Morgan fingerprint density at radius 3 is 2.64 bits per heavy atom. The van der Waals surface area contributed by atoms with Gasteiger partial charge in [0.1, 0.15) is 11.5 Å². The molecule has 0 aliphatic heterocycles. The summed E-state index contributed by atoms with van der Waals surface area (Å²) in [6.07, 6.45) is 1.22. The fourth-order valence-electron chi connectivity index (χ4n) is 1.54. The third-order valence-corrected chi connectivity index (χ3v) is 2.34. The predicted molar refractivity (Wildman–Crippen MR) is 56.2 cm³/mol. The van der Waals surface area contributed by atoms with Crippen LogP contribution in [-0.2, 0) is 6.42 Å². The lowest BCUT2D eigenvalue weighted by Crippen LogP contribution is -2.16. The molecule has 3 N–H and O–H groups in total. The van der Waals surface area contributed by atoms with Gasteiger partial charge < -0.3 is 15.3 Å². The molecule has 1 aromatic heterocycles. The highest BCUT2D eigenvalue weighted by Gasteiger charge is 2.15. The van der Waals surface area contributed by atoms with Gasteiger partial charge in [-0.25, -0.2) is 0 Å². The summed E-state index contributed by atoms with van der Waals surface area (Å²) in [7, 11) is 0. The van der Waals surface area contributed by atoms with Gasteiger partial charge in [-0.05, 0) is 25.5 Å². The average molecular weight is 197 g/mol. The van der Waals surface area contributed by atoms with Crippen molar-refractivity contribution < 1.29 is 9.52 Å². The smallest absolute Gasteiger partial charge is 0.108 e. The zero-order valence-electron chi connectivity index (χ0n) is 8.86. The first-order chi connectivity index (χ1) is 6.67. The van der Waals surface area contributed by atoms with Gasteiger partial charge in [0.2, 0.25) is 0 Å². The molecule has 0 saturated carbocycles. The molecule has 1 rings (SSSR count). The molecule has 0 bridgehead atoms. The van der Waals surface area contributed by atoms with Gasteiger partial charge in [0.25, 0.3) is 0 Å². The first kappa shape index (κ1) is 11.3. The van der Waals surface area contributed by atoms with E-state index in [0.29, 0.717) is 13.0 Å². The molecule has 0 saturated heterocycles. The molecule has 14 heavy (non-hydrogen) atoms. The largest absolute Gasteiger partial charge is 0.466 e. The molecular formula is C11H19NO2. The molecule has 0 aliphatic carbocycles. The van der Waals surface area contributed by atoms with E-state index in [1.54, 1.807) is 6.92 Å². The van der Waals surface area contributed by atoms with Crippen LogP contribution in [0.3, 0.4) is 0 Å². The zero-order valence-corrected chi connectivity index (χ0v) is 8.86. The molecule has 0 radical (unpaired) electrons. The Hall–Kier alpha value is -0.800. The van der Waals surface area contributed by atoms with Gasteiger partial charge in [-0.2, -0.15) is 0 Å². The minimum absolute atomic E-state index is 0.135. The number of rotatable bonds is 5. The highest BCUT2D eigenvalue weighted by molar-refractivity contribution is 5.12. The van der Waals surface area contributed by atoms with Crippen LogP contribution in [0.5, 0.6) is 0 Å². The number of furan rings is 1. The molecule has 0 amide bonds. The Labute approximate surface area is 84.9 Å². The van der Waals surface area contributed by atoms with Crippen molar-refractivity contribution in [2.24, 2.45) is 5.73 Å². The van der Waals surface area contributed by atoms with Gasteiger partial charge in [0.05, 0.1) is 6.10 Å². The van der Waals surface area contributed by atoms with Gasteiger partial charge in [0, 0.05) is 18.9 Å². The van der Waals surface area contributed by atoms with Crippen molar-refractivity contribution in [1.29, 1.82) is 0 Å². The van der Waals surface area contributed by atoms with E-state index in [2.05, 4.69) is 6.92 Å². The third-order valence-electron chi connectivity index (χ3n) is 2.34. The van der Waals surface area contributed by atoms with Crippen LogP contribution in [0, 0.1) is 0 Å². The van der Waals surface area contributed by atoms with Crippen LogP contribution in [-0.4, -0.2) is 17.8 Å². The van der Waals surface area contributed by atoms with Gasteiger partial charge in [-0.1, -0.05) is 6.92 Å². The standard InChI is InChI=1S/C11H19NO2/c1-3-10-4-5-11(14-10)9(7-12)6-8(2)13/h4-5,8-9,13H,3,6-7,12H2,1-2H3. The van der Waals surface area contributed by atoms with Gasteiger partial charge in [0.15, 0.2) is 0 Å². The number of aliphatic hydroxyl groups excluding tert-OH is 1. The Balaban J connectivity index is 2.68. The summed E-state index contributed by atoms with van der Waals surface area (Å²) >= 11 is 0. The van der Waals surface area contributed by atoms with E-state index in [0.717, 1.165) is 17.9 Å². The summed E-state index contributed by atoms with van der Waals surface area (Å²) in [5.41, 5.74) is 5.63. The molecule has 0 aliphatic rings. The van der Waals surface area contributed by atoms with Crippen molar-refractivity contribution in [2.75, 3.05) is 6.54 Å². The summed E-state index contributed by atoms with van der Waals surface area (Å²) in [6.45, 7) is 4.34. The molecule has 2 atom stereocenters. The minimum atomic E-state index is -0.335. The number of hydrogen-bond acceptors (Lipinski definition) is 3. The SMILES string of the molecule is CCc1ccc(C(CN)CC(C)O)o1. The van der Waals surface area contributed by atoms with E-state index in [4.69, 9.17) is 10.2 Å². The van der Waals surface area contributed by atoms with Crippen molar-refractivity contribution in [3.8, 4) is 0 Å². The molecule has 3 nitrogen and oxygen atoms in total. The summed E-state index contributed by atoms with van der Waals surface area (Å²) in [6, 6.07) is 3.93. The number of nitrogens with two attached hydrogens (primary N) is 1. The van der Waals surface area contributed by atoms with Crippen LogP contribution < -0.4 is 5.73 Å². The maximum Gasteiger partial charge on any atom is 0.108 e. The summed E-state index contributed by atoms with van der Waals surface area (Å²) in [4.78, 5) is 0. The molecule has 80 valence electrons. The molecule has 3 heteroatoms. The molecule has 1 aromatic rings. The Bertz CT molecular complexity index is 268. The van der Waals surface area contributed by atoms with Gasteiger partial charge >= 0.3 is 0 Å². The monoisotopic (exact) mass is 197 g/mol. The van der Waals surface area contributed by atoms with Crippen molar-refractivity contribution >= 4 is 0 Å². The number of aryl methyl sites for hydroxylation is 1. The summed E-state index contributed by atoms with van der Waals surface area (Å²) in [5.74, 6) is 2.00. The first-order valence-electron chi connectivity index (χ1n) is 5.14. The molecule has 0 fully saturated rings. The molecule has 1 heterocycles. The molecular weight excluding hydrogens is 178 g/mol. The van der Waals surface area contributed by atoms with Crippen LogP contribution in [0.2, 0.25) is 0 Å². The Morgan fingerprint density at radius 2 is 2.21 bits per heavy atom. The normalized spacial score (nSPS) is 15.4. The summed E-state index contributed by atoms with van der Waals surface area (Å²) < 4.78 is 5.60. The lowest BCUT2D eigenvalue weighted by atomic mass is 10.00. The van der Waals surface area contributed by atoms with Crippen molar-refractivity contribution in [3.05, 3.63) is 23.7 Å². The van der Waals surface area contributed by atoms with Crippen LogP contribution in [0.15, 0.2) is 16.5 Å². The third kappa shape index (κ3) is 2.86. The van der Waals surface area contributed by atoms with Crippen molar-refractivity contribution in [2.45, 2.75) is 38.7 Å². The van der Waals surface area contributed by atoms with Crippen LogP contribution in [0.25, 0.3) is 0 Å². The number of hydrogen-bond donors (Lipinski definition) is 2. The van der Waals surface area contributed by atoms with Crippen LogP contribution in [0.1, 0.15) is 37.7 Å². The highest BCUT2D eigenvalue weighted by Crippen LogP contribution is 2.22. The fraction of sp³-hybridized carbons (Fsp3) is 0.636. The first-order valence-corrected chi connectivity index (χ1v) is 5.14. The second kappa shape index (κ2) is 5.17. The second-order valence-electron chi connectivity index (χ2n) is 3.67. The molecule has 2 unspecified atom stereocenters. The van der Waals surface area contributed by atoms with Crippen LogP contribution >= 0.6 is 0 Å². The van der Waals surface area contributed by atoms with E-state index in [1.165, 1.54) is 0 Å². The van der Waals surface area contributed by atoms with Gasteiger partial charge in [-0.15, -0.1) is 0 Å². The summed E-state index contributed by atoms with van der Waals surface area (Å²) in [5, 5.41) is 9.28. The van der Waals surface area contributed by atoms with E-state index in [9.17, 15) is 5.11 Å². The van der Waals surface area contributed by atoms with Crippen LogP contribution in [0.4, 0.5) is 0 Å². The lowest BCUT2D eigenvalue weighted by molar-refractivity contribution is 0.170. The fourth-order valence-corrected chi connectivity index (χ4v) is 1.54. The van der Waals surface area contributed by atoms with E-state index >= 15 is 0 Å². The maximum atomic E-state index is 9.28.